The monoisotopic (exact) mass is 382 g/mol. The third-order valence-corrected chi connectivity index (χ3v) is 5.82. The van der Waals surface area contributed by atoms with Crippen LogP contribution in [0.1, 0.15) is 24.1 Å². The zero-order valence-electron chi connectivity index (χ0n) is 15.3. The molecule has 0 unspecified atom stereocenters. The van der Waals surface area contributed by atoms with Crippen molar-refractivity contribution in [3.8, 4) is 0 Å². The second-order valence-electron chi connectivity index (χ2n) is 6.61. The maximum absolute atomic E-state index is 12.8. The lowest BCUT2D eigenvalue weighted by atomic mass is 10.0. The van der Waals surface area contributed by atoms with E-state index in [0.29, 0.717) is 6.42 Å². The van der Waals surface area contributed by atoms with Crippen molar-refractivity contribution in [1.29, 1.82) is 0 Å². The van der Waals surface area contributed by atoms with Gasteiger partial charge in [-0.15, -0.1) is 0 Å². The highest BCUT2D eigenvalue weighted by Gasteiger charge is 2.19. The molecule has 1 amide bonds. The van der Waals surface area contributed by atoms with Crippen LogP contribution < -0.4 is 5.14 Å². The number of rotatable bonds is 5. The van der Waals surface area contributed by atoms with Gasteiger partial charge in [0.05, 0.1) is 17.4 Å². The Hall–Kier alpha value is -2.70. The van der Waals surface area contributed by atoms with E-state index in [9.17, 15) is 13.2 Å². The predicted molar refractivity (Wildman–Crippen MR) is 107 cm³/mol. The van der Waals surface area contributed by atoms with Gasteiger partial charge in [0.2, 0.25) is 15.9 Å². The maximum Gasteiger partial charge on any atom is 0.238 e. The van der Waals surface area contributed by atoms with Crippen LogP contribution in [-0.4, -0.2) is 26.3 Å². The Balaban J connectivity index is 1.78. The minimum atomic E-state index is -3.72. The summed E-state index contributed by atoms with van der Waals surface area (Å²) >= 11 is 0. The number of hydrogen-bond donors (Lipinski definition) is 1. The lowest BCUT2D eigenvalue weighted by Crippen LogP contribution is -2.31. The molecule has 0 aliphatic carbocycles. The van der Waals surface area contributed by atoms with Crippen LogP contribution in [0.5, 0.6) is 0 Å². The van der Waals surface area contributed by atoms with Gasteiger partial charge in [0.1, 0.15) is 0 Å². The first-order valence-corrected chi connectivity index (χ1v) is 10.2. The van der Waals surface area contributed by atoms with Gasteiger partial charge < -0.3 is 4.90 Å². The smallest absolute Gasteiger partial charge is 0.238 e. The van der Waals surface area contributed by atoms with Crippen LogP contribution in [0, 0.1) is 0 Å². The summed E-state index contributed by atoms with van der Waals surface area (Å²) in [4.78, 5) is 14.5. The number of carbonyl (C=O) groups is 1. The lowest BCUT2D eigenvalue weighted by molar-refractivity contribution is -0.131. The standard InChI is InChI=1S/C21H22N2O3S/c1-15(16-10-12-19(13-11-16)27(22,25)26)23(2)21(24)14-18-8-5-7-17-6-3-4-9-20(17)18/h3-13,15H,14H2,1-2H3,(H2,22,25,26)/t15-/m0/s1. The molecule has 0 heterocycles. The number of amides is 1. The number of likely N-dealkylation sites (N-methyl/N-ethyl adjacent to an activating group) is 1. The van der Waals surface area contributed by atoms with E-state index in [2.05, 4.69) is 0 Å². The molecule has 5 nitrogen and oxygen atoms in total. The number of hydrogen-bond acceptors (Lipinski definition) is 3. The van der Waals surface area contributed by atoms with Gasteiger partial charge in [0.25, 0.3) is 0 Å². The molecule has 0 spiro atoms. The predicted octanol–water partition coefficient (Wildman–Crippen LogP) is 3.25. The fraction of sp³-hybridized carbons (Fsp3) is 0.190. The second-order valence-corrected chi connectivity index (χ2v) is 8.17. The van der Waals surface area contributed by atoms with Gasteiger partial charge in [-0.3, -0.25) is 4.79 Å². The number of benzene rings is 3. The summed E-state index contributed by atoms with van der Waals surface area (Å²) in [6, 6.07) is 20.1. The number of nitrogens with zero attached hydrogens (tertiary/aromatic N) is 1. The summed E-state index contributed by atoms with van der Waals surface area (Å²) < 4.78 is 22.8. The van der Waals surface area contributed by atoms with Crippen molar-refractivity contribution in [3.05, 3.63) is 77.9 Å². The molecule has 2 N–H and O–H groups in total. The summed E-state index contributed by atoms with van der Waals surface area (Å²) in [5, 5.41) is 7.31. The third kappa shape index (κ3) is 4.18. The van der Waals surface area contributed by atoms with Gasteiger partial charge in [-0.2, -0.15) is 0 Å². The van der Waals surface area contributed by atoms with Crippen LogP contribution in [0.3, 0.4) is 0 Å². The SMILES string of the molecule is C[C@@H](c1ccc(S(N)(=O)=O)cc1)N(C)C(=O)Cc1cccc2ccccc12. The Morgan fingerprint density at radius 3 is 2.30 bits per heavy atom. The molecule has 140 valence electrons. The summed E-state index contributed by atoms with van der Waals surface area (Å²) in [5.41, 5.74) is 1.83. The van der Waals surface area contributed by atoms with Crippen molar-refractivity contribution in [2.75, 3.05) is 7.05 Å². The van der Waals surface area contributed by atoms with E-state index in [4.69, 9.17) is 5.14 Å². The second kappa shape index (κ2) is 7.50. The van der Waals surface area contributed by atoms with Crippen molar-refractivity contribution in [2.45, 2.75) is 24.3 Å². The number of sulfonamides is 1. The van der Waals surface area contributed by atoms with E-state index in [1.54, 1.807) is 24.1 Å². The maximum atomic E-state index is 12.8. The first kappa shape index (κ1) is 19.1. The Labute approximate surface area is 159 Å². The number of carbonyl (C=O) groups excluding carboxylic acids is 1. The van der Waals surface area contributed by atoms with Crippen LogP contribution >= 0.6 is 0 Å². The van der Waals surface area contributed by atoms with Gasteiger partial charge in [-0.1, -0.05) is 54.6 Å². The third-order valence-electron chi connectivity index (χ3n) is 4.89. The average molecular weight is 382 g/mol. The number of fused-ring (bicyclic) bond motifs is 1. The Morgan fingerprint density at radius 1 is 1.00 bits per heavy atom. The molecule has 6 heteroatoms. The van der Waals surface area contributed by atoms with Crippen molar-refractivity contribution in [2.24, 2.45) is 5.14 Å². The Morgan fingerprint density at radius 2 is 1.63 bits per heavy atom. The molecule has 0 aliphatic rings. The normalized spacial score (nSPS) is 12.7. The molecular weight excluding hydrogens is 360 g/mol. The highest BCUT2D eigenvalue weighted by atomic mass is 32.2. The summed E-state index contributed by atoms with van der Waals surface area (Å²) in [7, 11) is -1.97. The van der Waals surface area contributed by atoms with Crippen molar-refractivity contribution < 1.29 is 13.2 Å². The first-order valence-electron chi connectivity index (χ1n) is 8.62. The zero-order valence-corrected chi connectivity index (χ0v) is 16.1. The van der Waals surface area contributed by atoms with Crippen LogP contribution in [0.25, 0.3) is 10.8 Å². The van der Waals surface area contributed by atoms with Crippen LogP contribution in [0.4, 0.5) is 0 Å². The van der Waals surface area contributed by atoms with Gasteiger partial charge in [-0.25, -0.2) is 13.6 Å². The summed E-state index contributed by atoms with van der Waals surface area (Å²) in [6.45, 7) is 1.91. The average Bonchev–Trinajstić information content (AvgIpc) is 2.66. The quantitative estimate of drug-likeness (QED) is 0.735. The highest BCUT2D eigenvalue weighted by molar-refractivity contribution is 7.89. The van der Waals surface area contributed by atoms with Crippen molar-refractivity contribution in [1.82, 2.24) is 4.90 Å². The van der Waals surface area contributed by atoms with Gasteiger partial charge in [0, 0.05) is 7.05 Å². The summed E-state index contributed by atoms with van der Waals surface area (Å²) in [6.07, 6.45) is 0.303. The zero-order chi connectivity index (χ0) is 19.6. The molecular formula is C21H22N2O3S. The molecule has 0 aliphatic heterocycles. The van der Waals surface area contributed by atoms with Crippen LogP contribution in [0.2, 0.25) is 0 Å². The molecule has 1 atom stereocenters. The number of nitrogens with two attached hydrogens (primary N) is 1. The molecule has 27 heavy (non-hydrogen) atoms. The summed E-state index contributed by atoms with van der Waals surface area (Å²) in [5.74, 6) is -0.00521. The first-order chi connectivity index (χ1) is 12.8. The largest absolute Gasteiger partial charge is 0.339 e. The molecule has 0 aromatic heterocycles. The highest BCUT2D eigenvalue weighted by Crippen LogP contribution is 2.23. The van der Waals surface area contributed by atoms with Gasteiger partial charge >= 0.3 is 0 Å². The lowest BCUT2D eigenvalue weighted by Gasteiger charge is -2.26. The van der Waals surface area contributed by atoms with Crippen molar-refractivity contribution in [3.63, 3.8) is 0 Å². The fourth-order valence-electron chi connectivity index (χ4n) is 3.11. The van der Waals surface area contributed by atoms with Crippen LogP contribution in [0.15, 0.2) is 71.6 Å². The van der Waals surface area contributed by atoms with Gasteiger partial charge in [0.15, 0.2) is 0 Å². The molecule has 3 rings (SSSR count). The molecule has 3 aromatic rings. The van der Waals surface area contributed by atoms with E-state index in [-0.39, 0.29) is 16.8 Å². The Kier molecular flexibility index (Phi) is 5.30. The topological polar surface area (TPSA) is 80.5 Å². The van der Waals surface area contributed by atoms with Crippen molar-refractivity contribution >= 4 is 26.7 Å². The molecule has 0 saturated heterocycles. The van der Waals surface area contributed by atoms with E-state index in [1.165, 1.54) is 12.1 Å². The molecule has 0 bridgehead atoms. The molecule has 3 aromatic carbocycles. The Bertz CT molecular complexity index is 1070. The molecule has 0 fully saturated rings. The van der Waals surface area contributed by atoms with E-state index in [0.717, 1.165) is 21.9 Å². The fourth-order valence-corrected chi connectivity index (χ4v) is 3.63. The van der Waals surface area contributed by atoms with Crippen LogP contribution in [-0.2, 0) is 21.2 Å². The minimum absolute atomic E-state index is 0.00521. The molecule has 0 radical (unpaired) electrons. The minimum Gasteiger partial charge on any atom is -0.339 e. The van der Waals surface area contributed by atoms with E-state index < -0.39 is 10.0 Å². The van der Waals surface area contributed by atoms with E-state index >= 15 is 0 Å². The van der Waals surface area contributed by atoms with Gasteiger partial charge in [-0.05, 0) is 41.0 Å². The number of primary sulfonamides is 1. The molecule has 0 saturated carbocycles. The van der Waals surface area contributed by atoms with E-state index in [1.807, 2.05) is 49.4 Å².